The molecule has 1 amide bonds. The van der Waals surface area contributed by atoms with E-state index in [0.717, 1.165) is 22.0 Å². The first-order valence-corrected chi connectivity index (χ1v) is 9.16. The van der Waals surface area contributed by atoms with Crippen molar-refractivity contribution in [1.29, 1.82) is 0 Å². The third-order valence-electron chi connectivity index (χ3n) is 4.80. The number of fused-ring (bicyclic) bond motifs is 1. The van der Waals surface area contributed by atoms with Gasteiger partial charge in [0, 0.05) is 10.9 Å². The molecule has 4 aromatic rings. The number of hydrogen-bond donors (Lipinski definition) is 1. The van der Waals surface area contributed by atoms with Crippen molar-refractivity contribution in [3.63, 3.8) is 0 Å². The lowest BCUT2D eigenvalue weighted by Gasteiger charge is -2.14. The van der Waals surface area contributed by atoms with Crippen molar-refractivity contribution in [3.8, 4) is 0 Å². The number of carbonyl (C=O) groups is 1. The van der Waals surface area contributed by atoms with Crippen LogP contribution in [0.3, 0.4) is 0 Å². The molecule has 1 atom stereocenters. The van der Waals surface area contributed by atoms with Gasteiger partial charge in [-0.3, -0.25) is 9.48 Å². The summed E-state index contributed by atoms with van der Waals surface area (Å²) in [7, 11) is 0. The molecule has 0 aliphatic heterocycles. The van der Waals surface area contributed by atoms with Gasteiger partial charge in [0.2, 0.25) is 0 Å². The molecule has 0 bridgehead atoms. The Balaban J connectivity index is 1.56. The van der Waals surface area contributed by atoms with Gasteiger partial charge in [-0.2, -0.15) is 5.10 Å². The van der Waals surface area contributed by atoms with Crippen LogP contribution in [0.1, 0.15) is 34.5 Å². The minimum atomic E-state index is -0.263. The first-order valence-electron chi connectivity index (χ1n) is 9.16. The van der Waals surface area contributed by atoms with E-state index in [9.17, 15) is 9.18 Å². The number of hydrogen-bond acceptors (Lipinski definition) is 2. The van der Waals surface area contributed by atoms with Crippen molar-refractivity contribution in [1.82, 2.24) is 15.1 Å². The number of amides is 1. The SMILES string of the molecule is CC(NC(=O)c1ccc2cnn(Cc3ccc(F)cc3)c2c1)c1ccccc1. The summed E-state index contributed by atoms with van der Waals surface area (Å²) in [5.41, 5.74) is 3.44. The lowest BCUT2D eigenvalue weighted by Crippen LogP contribution is -2.26. The maximum atomic E-state index is 13.1. The fourth-order valence-corrected chi connectivity index (χ4v) is 3.21. The van der Waals surface area contributed by atoms with Crippen molar-refractivity contribution in [2.75, 3.05) is 0 Å². The predicted octanol–water partition coefficient (Wildman–Crippen LogP) is 4.71. The molecule has 4 rings (SSSR count). The second-order valence-corrected chi connectivity index (χ2v) is 6.81. The van der Waals surface area contributed by atoms with E-state index in [2.05, 4.69) is 10.4 Å². The van der Waals surface area contributed by atoms with Gasteiger partial charge < -0.3 is 5.32 Å². The zero-order chi connectivity index (χ0) is 19.5. The van der Waals surface area contributed by atoms with E-state index in [4.69, 9.17) is 0 Å². The number of halogens is 1. The number of nitrogens with one attached hydrogen (secondary N) is 1. The molecule has 1 heterocycles. The van der Waals surface area contributed by atoms with E-state index < -0.39 is 0 Å². The van der Waals surface area contributed by atoms with Gasteiger partial charge in [-0.25, -0.2) is 4.39 Å². The molecule has 5 heteroatoms. The van der Waals surface area contributed by atoms with Gasteiger partial charge in [0.15, 0.2) is 0 Å². The largest absolute Gasteiger partial charge is 0.346 e. The van der Waals surface area contributed by atoms with Gasteiger partial charge in [-0.05, 0) is 42.3 Å². The number of aromatic nitrogens is 2. The average molecular weight is 373 g/mol. The van der Waals surface area contributed by atoms with E-state index in [1.165, 1.54) is 12.1 Å². The van der Waals surface area contributed by atoms with Crippen LogP contribution < -0.4 is 5.32 Å². The smallest absolute Gasteiger partial charge is 0.251 e. The van der Waals surface area contributed by atoms with Crippen LogP contribution in [0.15, 0.2) is 79.0 Å². The standard InChI is InChI=1S/C23H20FN3O/c1-16(18-5-3-2-4-6-18)26-23(28)19-9-10-20-14-25-27(22(20)13-19)15-17-7-11-21(24)12-8-17/h2-14,16H,15H2,1H3,(H,26,28). The van der Waals surface area contributed by atoms with Crippen molar-refractivity contribution in [3.05, 3.63) is 102 Å². The maximum Gasteiger partial charge on any atom is 0.251 e. The number of nitrogens with zero attached hydrogens (tertiary/aromatic N) is 2. The van der Waals surface area contributed by atoms with Crippen LogP contribution in [0.25, 0.3) is 10.9 Å². The summed E-state index contributed by atoms with van der Waals surface area (Å²) in [6.45, 7) is 2.47. The molecule has 1 N–H and O–H groups in total. The molecular weight excluding hydrogens is 353 g/mol. The second-order valence-electron chi connectivity index (χ2n) is 6.81. The molecule has 0 saturated heterocycles. The summed E-state index contributed by atoms with van der Waals surface area (Å²) in [5.74, 6) is -0.395. The van der Waals surface area contributed by atoms with Crippen LogP contribution in [0.2, 0.25) is 0 Å². The highest BCUT2D eigenvalue weighted by atomic mass is 19.1. The van der Waals surface area contributed by atoms with E-state index >= 15 is 0 Å². The fraction of sp³-hybridized carbons (Fsp3) is 0.130. The Morgan fingerprint density at radius 2 is 1.82 bits per heavy atom. The third kappa shape index (κ3) is 3.78. The topological polar surface area (TPSA) is 46.9 Å². The van der Waals surface area contributed by atoms with Crippen LogP contribution in [0, 0.1) is 5.82 Å². The highest BCUT2D eigenvalue weighted by molar-refractivity contribution is 5.98. The van der Waals surface area contributed by atoms with Gasteiger partial charge in [0.1, 0.15) is 5.82 Å². The predicted molar refractivity (Wildman–Crippen MR) is 108 cm³/mol. The van der Waals surface area contributed by atoms with E-state index in [1.54, 1.807) is 24.4 Å². The Morgan fingerprint density at radius 3 is 2.57 bits per heavy atom. The molecule has 3 aromatic carbocycles. The van der Waals surface area contributed by atoms with Crippen molar-refractivity contribution in [2.24, 2.45) is 0 Å². The molecular formula is C23H20FN3O. The molecule has 4 nitrogen and oxygen atoms in total. The summed E-state index contributed by atoms with van der Waals surface area (Å²) >= 11 is 0. The lowest BCUT2D eigenvalue weighted by molar-refractivity contribution is 0.0940. The molecule has 0 spiro atoms. The van der Waals surface area contributed by atoms with Crippen LogP contribution in [-0.2, 0) is 6.54 Å². The third-order valence-corrected chi connectivity index (χ3v) is 4.80. The van der Waals surface area contributed by atoms with E-state index in [1.807, 2.05) is 54.1 Å². The first-order chi connectivity index (χ1) is 13.6. The van der Waals surface area contributed by atoms with Gasteiger partial charge >= 0.3 is 0 Å². The lowest BCUT2D eigenvalue weighted by atomic mass is 10.1. The Bertz CT molecular complexity index is 1100. The van der Waals surface area contributed by atoms with E-state index in [0.29, 0.717) is 12.1 Å². The first kappa shape index (κ1) is 17.9. The van der Waals surface area contributed by atoms with Gasteiger partial charge in [0.05, 0.1) is 24.3 Å². The summed E-state index contributed by atoms with van der Waals surface area (Å²) in [5, 5.41) is 8.40. The fourth-order valence-electron chi connectivity index (χ4n) is 3.21. The van der Waals surface area contributed by atoms with Crippen LogP contribution in [0.5, 0.6) is 0 Å². The monoisotopic (exact) mass is 373 g/mol. The minimum Gasteiger partial charge on any atom is -0.346 e. The van der Waals surface area contributed by atoms with Gasteiger partial charge in [0.25, 0.3) is 5.91 Å². The second kappa shape index (κ2) is 7.64. The maximum absolute atomic E-state index is 13.1. The van der Waals surface area contributed by atoms with Gasteiger partial charge in [-0.15, -0.1) is 0 Å². The Hall–Kier alpha value is -3.47. The van der Waals surface area contributed by atoms with Crippen LogP contribution >= 0.6 is 0 Å². The Labute approximate surface area is 162 Å². The van der Waals surface area contributed by atoms with Crippen LogP contribution in [0.4, 0.5) is 4.39 Å². The minimum absolute atomic E-state index is 0.0893. The quantitative estimate of drug-likeness (QED) is 0.550. The molecule has 140 valence electrons. The highest BCUT2D eigenvalue weighted by Crippen LogP contribution is 2.19. The zero-order valence-corrected chi connectivity index (χ0v) is 15.5. The summed E-state index contributed by atoms with van der Waals surface area (Å²) < 4.78 is 14.9. The molecule has 28 heavy (non-hydrogen) atoms. The summed E-state index contributed by atoms with van der Waals surface area (Å²) in [6.07, 6.45) is 1.77. The number of carbonyl (C=O) groups excluding carboxylic acids is 1. The molecule has 0 aliphatic rings. The average Bonchev–Trinajstić information content (AvgIpc) is 3.12. The van der Waals surface area contributed by atoms with Crippen molar-refractivity contribution in [2.45, 2.75) is 19.5 Å². The summed E-state index contributed by atoms with van der Waals surface area (Å²) in [6, 6.07) is 21.7. The molecule has 0 saturated carbocycles. The van der Waals surface area contributed by atoms with Crippen molar-refractivity contribution < 1.29 is 9.18 Å². The summed E-state index contributed by atoms with van der Waals surface area (Å²) in [4.78, 5) is 12.7. The Kier molecular flexibility index (Phi) is 4.89. The molecule has 1 unspecified atom stereocenters. The molecule has 0 aliphatic carbocycles. The normalized spacial score (nSPS) is 12.1. The zero-order valence-electron chi connectivity index (χ0n) is 15.5. The number of rotatable bonds is 5. The molecule has 0 radical (unpaired) electrons. The van der Waals surface area contributed by atoms with Crippen LogP contribution in [-0.4, -0.2) is 15.7 Å². The van der Waals surface area contributed by atoms with Crippen molar-refractivity contribution >= 4 is 16.8 Å². The Morgan fingerprint density at radius 1 is 1.07 bits per heavy atom. The number of benzene rings is 3. The van der Waals surface area contributed by atoms with E-state index in [-0.39, 0.29) is 17.8 Å². The molecule has 1 aromatic heterocycles. The van der Waals surface area contributed by atoms with Gasteiger partial charge in [-0.1, -0.05) is 48.5 Å². The molecule has 0 fully saturated rings. The highest BCUT2D eigenvalue weighted by Gasteiger charge is 2.13.